The van der Waals surface area contributed by atoms with Gasteiger partial charge in [-0.15, -0.1) is 0 Å². The van der Waals surface area contributed by atoms with E-state index in [1.807, 2.05) is 42.5 Å². The molecule has 0 spiro atoms. The number of carbonyl (C=O) groups excluding carboxylic acids is 1. The summed E-state index contributed by atoms with van der Waals surface area (Å²) in [5, 5.41) is 5.72. The smallest absolute Gasteiger partial charge is 0.279 e. The van der Waals surface area contributed by atoms with E-state index in [1.54, 1.807) is 6.92 Å². The van der Waals surface area contributed by atoms with E-state index >= 15 is 0 Å². The molecule has 6 heteroatoms. The van der Waals surface area contributed by atoms with Crippen molar-refractivity contribution < 1.29 is 9.53 Å². The van der Waals surface area contributed by atoms with Crippen LogP contribution in [0.1, 0.15) is 19.8 Å². The highest BCUT2D eigenvalue weighted by Crippen LogP contribution is 2.21. The molecule has 0 saturated heterocycles. The van der Waals surface area contributed by atoms with Gasteiger partial charge in [0.05, 0.1) is 0 Å². The number of amides is 1. The summed E-state index contributed by atoms with van der Waals surface area (Å²) < 4.78 is 5.69. The van der Waals surface area contributed by atoms with E-state index in [-0.39, 0.29) is 5.91 Å². The van der Waals surface area contributed by atoms with Crippen LogP contribution in [0.2, 0.25) is 0 Å². The molecule has 1 aliphatic rings. The lowest BCUT2D eigenvalue weighted by molar-refractivity contribution is -0.127. The van der Waals surface area contributed by atoms with Gasteiger partial charge in [0, 0.05) is 6.04 Å². The highest BCUT2D eigenvalue weighted by atomic mass is 32.1. The molecule has 1 saturated carbocycles. The van der Waals surface area contributed by atoms with Crippen LogP contribution in [0.15, 0.2) is 42.5 Å². The monoisotopic (exact) mass is 329 g/mol. The Kier molecular flexibility index (Phi) is 4.62. The molecule has 0 heterocycles. The second-order valence-electron chi connectivity index (χ2n) is 5.63. The van der Waals surface area contributed by atoms with Crippen LogP contribution in [0.25, 0.3) is 10.8 Å². The van der Waals surface area contributed by atoms with Crippen molar-refractivity contribution in [2.24, 2.45) is 0 Å². The minimum absolute atomic E-state index is 0.280. The van der Waals surface area contributed by atoms with Gasteiger partial charge in [0.1, 0.15) is 5.75 Å². The first-order chi connectivity index (χ1) is 11.1. The number of benzene rings is 2. The van der Waals surface area contributed by atoms with Gasteiger partial charge in [-0.2, -0.15) is 0 Å². The van der Waals surface area contributed by atoms with Gasteiger partial charge >= 0.3 is 0 Å². The number of hydrogen-bond acceptors (Lipinski definition) is 3. The summed E-state index contributed by atoms with van der Waals surface area (Å²) >= 11 is 5.08. The summed E-state index contributed by atoms with van der Waals surface area (Å²) in [5.74, 6) is 0.378. The predicted octanol–water partition coefficient (Wildman–Crippen LogP) is 2.26. The Hall–Kier alpha value is -2.34. The van der Waals surface area contributed by atoms with Crippen LogP contribution >= 0.6 is 12.2 Å². The van der Waals surface area contributed by atoms with Gasteiger partial charge in [-0.25, -0.2) is 0 Å². The van der Waals surface area contributed by atoms with Crippen molar-refractivity contribution in [2.45, 2.75) is 31.9 Å². The summed E-state index contributed by atoms with van der Waals surface area (Å²) in [4.78, 5) is 12.0. The molecule has 3 rings (SSSR count). The molecule has 2 aromatic carbocycles. The van der Waals surface area contributed by atoms with Crippen LogP contribution in [-0.2, 0) is 4.79 Å². The minimum Gasteiger partial charge on any atom is -0.481 e. The molecule has 0 radical (unpaired) electrons. The zero-order valence-electron chi connectivity index (χ0n) is 12.8. The van der Waals surface area contributed by atoms with Gasteiger partial charge in [-0.05, 0) is 54.9 Å². The normalized spacial score (nSPS) is 14.8. The topological polar surface area (TPSA) is 62.4 Å². The number of nitrogens with one attached hydrogen (secondary N) is 3. The van der Waals surface area contributed by atoms with Gasteiger partial charge in [-0.1, -0.05) is 30.3 Å². The number of thiocarbonyl (C=S) groups is 1. The van der Waals surface area contributed by atoms with Crippen LogP contribution in [0, 0.1) is 0 Å². The van der Waals surface area contributed by atoms with Crippen LogP contribution in [0.4, 0.5) is 0 Å². The van der Waals surface area contributed by atoms with E-state index in [4.69, 9.17) is 17.0 Å². The summed E-state index contributed by atoms with van der Waals surface area (Å²) in [6, 6.07) is 14.2. The largest absolute Gasteiger partial charge is 0.481 e. The number of hydrogen-bond donors (Lipinski definition) is 3. The molecule has 1 fully saturated rings. The third kappa shape index (κ3) is 4.32. The zero-order valence-corrected chi connectivity index (χ0v) is 13.7. The first kappa shape index (κ1) is 15.6. The van der Waals surface area contributed by atoms with Crippen LogP contribution < -0.4 is 20.9 Å². The highest BCUT2D eigenvalue weighted by Gasteiger charge is 2.22. The molecule has 0 aromatic heterocycles. The van der Waals surface area contributed by atoms with Gasteiger partial charge in [-0.3, -0.25) is 15.6 Å². The maximum absolute atomic E-state index is 12.0. The molecule has 0 unspecified atom stereocenters. The van der Waals surface area contributed by atoms with Gasteiger partial charge < -0.3 is 10.1 Å². The number of ether oxygens (including phenoxy) is 1. The maximum atomic E-state index is 12.0. The average molecular weight is 329 g/mol. The molecule has 2 aromatic rings. The standard InChI is InChI=1S/C17H19N3O2S/c1-11(16(21)19-20-17(23)18-14-7-8-14)22-15-9-6-12-4-2-3-5-13(12)10-15/h2-6,9-11,14H,7-8H2,1H3,(H,19,21)(H2,18,20,23)/t11-/m1/s1. The fourth-order valence-corrected chi connectivity index (χ4v) is 2.39. The third-order valence-electron chi connectivity index (χ3n) is 3.61. The van der Waals surface area contributed by atoms with Crippen molar-refractivity contribution in [3.63, 3.8) is 0 Å². The second kappa shape index (κ2) is 6.83. The van der Waals surface area contributed by atoms with Crippen LogP contribution in [0.3, 0.4) is 0 Å². The SMILES string of the molecule is C[C@@H](Oc1ccc2ccccc2c1)C(=O)NNC(=S)NC1CC1. The van der Waals surface area contributed by atoms with Crippen molar-refractivity contribution in [3.05, 3.63) is 42.5 Å². The molecule has 1 atom stereocenters. The fraction of sp³-hybridized carbons (Fsp3) is 0.294. The van der Waals surface area contributed by atoms with Crippen molar-refractivity contribution >= 4 is 34.0 Å². The molecule has 0 bridgehead atoms. The lowest BCUT2D eigenvalue weighted by Crippen LogP contribution is -2.50. The number of hydrazine groups is 1. The first-order valence-electron chi connectivity index (χ1n) is 7.63. The van der Waals surface area contributed by atoms with Crippen molar-refractivity contribution in [3.8, 4) is 5.75 Å². The Bertz CT molecular complexity index is 731. The molecule has 1 amide bonds. The Balaban J connectivity index is 1.52. The summed E-state index contributed by atoms with van der Waals surface area (Å²) in [6.45, 7) is 1.70. The highest BCUT2D eigenvalue weighted by molar-refractivity contribution is 7.80. The van der Waals surface area contributed by atoms with E-state index in [0.717, 1.165) is 23.6 Å². The lowest BCUT2D eigenvalue weighted by Gasteiger charge is -2.16. The summed E-state index contributed by atoms with van der Waals surface area (Å²) in [5.41, 5.74) is 5.25. The molecule has 3 N–H and O–H groups in total. The molecular weight excluding hydrogens is 310 g/mol. The number of fused-ring (bicyclic) bond motifs is 1. The molecule has 1 aliphatic carbocycles. The summed E-state index contributed by atoms with van der Waals surface area (Å²) in [7, 11) is 0. The van der Waals surface area contributed by atoms with Gasteiger partial charge in [0.15, 0.2) is 11.2 Å². The Morgan fingerprint density at radius 3 is 2.65 bits per heavy atom. The van der Waals surface area contributed by atoms with E-state index in [0.29, 0.717) is 16.9 Å². The van der Waals surface area contributed by atoms with E-state index in [2.05, 4.69) is 16.2 Å². The Morgan fingerprint density at radius 2 is 1.91 bits per heavy atom. The van der Waals surface area contributed by atoms with Crippen molar-refractivity contribution in [2.75, 3.05) is 0 Å². The summed E-state index contributed by atoms with van der Waals surface area (Å²) in [6.07, 6.45) is 1.61. The molecule has 120 valence electrons. The number of rotatable bonds is 4. The lowest BCUT2D eigenvalue weighted by atomic mass is 10.1. The minimum atomic E-state index is -0.632. The third-order valence-corrected chi connectivity index (χ3v) is 3.83. The van der Waals surface area contributed by atoms with Crippen LogP contribution in [-0.4, -0.2) is 23.2 Å². The van der Waals surface area contributed by atoms with E-state index in [9.17, 15) is 4.79 Å². The molecule has 23 heavy (non-hydrogen) atoms. The van der Waals surface area contributed by atoms with Gasteiger partial charge in [0.25, 0.3) is 5.91 Å². The predicted molar refractivity (Wildman–Crippen MR) is 94.1 cm³/mol. The second-order valence-corrected chi connectivity index (χ2v) is 6.04. The Morgan fingerprint density at radius 1 is 1.17 bits per heavy atom. The van der Waals surface area contributed by atoms with Gasteiger partial charge in [0.2, 0.25) is 0 Å². The van der Waals surface area contributed by atoms with Crippen LogP contribution in [0.5, 0.6) is 5.75 Å². The zero-order chi connectivity index (χ0) is 16.2. The Labute approximate surface area is 140 Å². The van der Waals surface area contributed by atoms with E-state index in [1.165, 1.54) is 0 Å². The molecule has 0 aliphatic heterocycles. The van der Waals surface area contributed by atoms with Crippen molar-refractivity contribution in [1.82, 2.24) is 16.2 Å². The average Bonchev–Trinajstić information content (AvgIpc) is 3.36. The fourth-order valence-electron chi connectivity index (χ4n) is 2.17. The number of carbonyl (C=O) groups is 1. The molecular formula is C17H19N3O2S. The van der Waals surface area contributed by atoms with Crippen molar-refractivity contribution in [1.29, 1.82) is 0 Å². The van der Waals surface area contributed by atoms with E-state index < -0.39 is 6.10 Å². The molecule has 5 nitrogen and oxygen atoms in total. The maximum Gasteiger partial charge on any atom is 0.279 e. The quantitative estimate of drug-likeness (QED) is 0.593. The first-order valence-corrected chi connectivity index (χ1v) is 8.04.